The van der Waals surface area contributed by atoms with Gasteiger partial charge in [-0.05, 0) is 18.2 Å². The summed E-state index contributed by atoms with van der Waals surface area (Å²) in [6.45, 7) is -0.332. The number of hydrogen-bond donors (Lipinski definition) is 3. The first-order chi connectivity index (χ1) is 11.8. The van der Waals surface area contributed by atoms with Crippen LogP contribution in [0.3, 0.4) is 0 Å². The lowest BCUT2D eigenvalue weighted by molar-refractivity contribution is -0.116. The molecule has 0 radical (unpaired) electrons. The van der Waals surface area contributed by atoms with Crippen molar-refractivity contribution in [1.82, 2.24) is 9.88 Å². The van der Waals surface area contributed by atoms with Crippen LogP contribution in [0.15, 0.2) is 30.5 Å². The summed E-state index contributed by atoms with van der Waals surface area (Å²) in [5, 5.41) is 11.6. The number of aromatic nitrogens is 1. The lowest BCUT2D eigenvalue weighted by atomic mass is 10.3. The van der Waals surface area contributed by atoms with Gasteiger partial charge in [-0.2, -0.15) is 0 Å². The van der Waals surface area contributed by atoms with Crippen molar-refractivity contribution >= 4 is 46.7 Å². The number of carbonyl (C=O) groups excluding carboxylic acids is 1. The topological polar surface area (TPSA) is 118 Å². The smallest absolute Gasteiger partial charge is 0.407 e. The SMILES string of the molecule is CN(CC(=O)Nc1cc(Oc2ccc(N)c(Cl)c2Cl)ccn1)C(=O)O. The molecule has 132 valence electrons. The number of carboxylic acid groups (broad SMARTS) is 1. The van der Waals surface area contributed by atoms with Crippen LogP contribution in [0, 0.1) is 0 Å². The van der Waals surface area contributed by atoms with Gasteiger partial charge in [0.1, 0.15) is 28.9 Å². The molecule has 0 aliphatic heterocycles. The zero-order valence-corrected chi connectivity index (χ0v) is 14.5. The number of pyridine rings is 1. The van der Waals surface area contributed by atoms with E-state index in [2.05, 4.69) is 10.3 Å². The van der Waals surface area contributed by atoms with Crippen LogP contribution in [0.2, 0.25) is 10.0 Å². The van der Waals surface area contributed by atoms with Crippen molar-refractivity contribution < 1.29 is 19.4 Å². The van der Waals surface area contributed by atoms with Gasteiger partial charge in [0.15, 0.2) is 0 Å². The largest absolute Gasteiger partial charge is 0.465 e. The molecule has 0 aliphatic rings. The Kier molecular flexibility index (Phi) is 5.89. The number of likely N-dealkylation sites (N-methyl/N-ethyl adjacent to an activating group) is 1. The molecule has 4 N–H and O–H groups in total. The fourth-order valence-corrected chi connectivity index (χ4v) is 2.13. The Morgan fingerprint density at radius 1 is 1.32 bits per heavy atom. The van der Waals surface area contributed by atoms with Gasteiger partial charge in [0.05, 0.1) is 10.7 Å². The van der Waals surface area contributed by atoms with E-state index in [0.717, 1.165) is 4.90 Å². The fraction of sp³-hybridized carbons (Fsp3) is 0.133. The number of hydrogen-bond acceptors (Lipinski definition) is 5. The maximum Gasteiger partial charge on any atom is 0.407 e. The predicted molar refractivity (Wildman–Crippen MR) is 94.5 cm³/mol. The Labute approximate surface area is 153 Å². The molecule has 1 aromatic heterocycles. The molecule has 1 aromatic carbocycles. The highest BCUT2D eigenvalue weighted by Gasteiger charge is 2.13. The first-order valence-electron chi connectivity index (χ1n) is 6.89. The molecule has 0 atom stereocenters. The fourth-order valence-electron chi connectivity index (χ4n) is 1.76. The number of ether oxygens (including phenoxy) is 1. The lowest BCUT2D eigenvalue weighted by Crippen LogP contribution is -2.33. The van der Waals surface area contributed by atoms with Crippen LogP contribution in [0.4, 0.5) is 16.3 Å². The van der Waals surface area contributed by atoms with Crippen LogP contribution in [-0.4, -0.2) is 40.6 Å². The van der Waals surface area contributed by atoms with E-state index in [4.69, 9.17) is 38.8 Å². The third-order valence-electron chi connectivity index (χ3n) is 3.01. The van der Waals surface area contributed by atoms with Gasteiger partial charge < -0.3 is 25.8 Å². The van der Waals surface area contributed by atoms with Crippen molar-refractivity contribution in [2.75, 3.05) is 24.6 Å². The van der Waals surface area contributed by atoms with Crippen molar-refractivity contribution in [3.63, 3.8) is 0 Å². The Bertz CT molecular complexity index is 816. The zero-order chi connectivity index (χ0) is 18.6. The van der Waals surface area contributed by atoms with Crippen molar-refractivity contribution in [3.8, 4) is 11.5 Å². The normalized spacial score (nSPS) is 10.2. The number of carbonyl (C=O) groups is 2. The van der Waals surface area contributed by atoms with Gasteiger partial charge in [-0.1, -0.05) is 23.2 Å². The molecule has 2 amide bonds. The summed E-state index contributed by atoms with van der Waals surface area (Å²) >= 11 is 12.0. The van der Waals surface area contributed by atoms with Gasteiger partial charge in [0, 0.05) is 19.3 Å². The van der Waals surface area contributed by atoms with Crippen molar-refractivity contribution in [3.05, 3.63) is 40.5 Å². The second-order valence-electron chi connectivity index (χ2n) is 4.95. The third kappa shape index (κ3) is 4.88. The first kappa shape index (κ1) is 18.6. The minimum absolute atomic E-state index is 0.159. The quantitative estimate of drug-likeness (QED) is 0.680. The Balaban J connectivity index is 2.10. The molecule has 2 rings (SSSR count). The van der Waals surface area contributed by atoms with Gasteiger partial charge in [0.25, 0.3) is 0 Å². The molecule has 10 heteroatoms. The van der Waals surface area contributed by atoms with E-state index in [9.17, 15) is 9.59 Å². The monoisotopic (exact) mass is 384 g/mol. The standard InChI is InChI=1S/C15H14Cl2N4O4/c1-21(15(23)24)7-12(22)20-11-6-8(4-5-19-11)25-10-3-2-9(18)13(16)14(10)17/h2-6H,7,18H2,1H3,(H,23,24)(H,19,20,22). The molecule has 0 saturated heterocycles. The summed E-state index contributed by atoms with van der Waals surface area (Å²) in [5.41, 5.74) is 5.97. The van der Waals surface area contributed by atoms with Gasteiger partial charge >= 0.3 is 6.09 Å². The Morgan fingerprint density at radius 3 is 2.72 bits per heavy atom. The number of benzene rings is 1. The first-order valence-corrected chi connectivity index (χ1v) is 7.65. The maximum absolute atomic E-state index is 11.8. The van der Waals surface area contributed by atoms with Crippen molar-refractivity contribution in [2.24, 2.45) is 0 Å². The number of nitrogens with two attached hydrogens (primary N) is 1. The molecule has 0 bridgehead atoms. The van der Waals surface area contributed by atoms with Crippen LogP contribution < -0.4 is 15.8 Å². The molecule has 0 unspecified atom stereocenters. The summed E-state index contributed by atoms with van der Waals surface area (Å²) in [7, 11) is 1.28. The van der Waals surface area contributed by atoms with Crippen LogP contribution in [0.1, 0.15) is 0 Å². The maximum atomic E-state index is 11.8. The molecule has 0 fully saturated rings. The van der Waals surface area contributed by atoms with E-state index >= 15 is 0 Å². The van der Waals surface area contributed by atoms with E-state index in [0.29, 0.717) is 11.4 Å². The zero-order valence-electron chi connectivity index (χ0n) is 13.0. The van der Waals surface area contributed by atoms with Crippen molar-refractivity contribution in [1.29, 1.82) is 0 Å². The molecule has 1 heterocycles. The highest BCUT2D eigenvalue weighted by atomic mass is 35.5. The van der Waals surface area contributed by atoms with Gasteiger partial charge in [-0.3, -0.25) is 4.79 Å². The summed E-state index contributed by atoms with van der Waals surface area (Å²) in [6.07, 6.45) is 0.202. The highest BCUT2D eigenvalue weighted by Crippen LogP contribution is 2.38. The number of halogens is 2. The number of amides is 2. The summed E-state index contributed by atoms with van der Waals surface area (Å²) < 4.78 is 5.62. The molecule has 0 aliphatic carbocycles. The molecule has 8 nitrogen and oxygen atoms in total. The second-order valence-corrected chi connectivity index (χ2v) is 5.70. The van der Waals surface area contributed by atoms with E-state index < -0.39 is 12.0 Å². The molecule has 0 spiro atoms. The molecular formula is C15H14Cl2N4O4. The predicted octanol–water partition coefficient (Wildman–Crippen LogP) is 3.31. The van der Waals surface area contributed by atoms with Gasteiger partial charge in [0.2, 0.25) is 5.91 Å². The number of nitrogen functional groups attached to an aromatic ring is 1. The summed E-state index contributed by atoms with van der Waals surface area (Å²) in [4.78, 5) is 27.3. The van der Waals surface area contributed by atoms with Gasteiger partial charge in [-0.15, -0.1) is 0 Å². The van der Waals surface area contributed by atoms with Crippen LogP contribution in [0.25, 0.3) is 0 Å². The Hall–Kier alpha value is -2.71. The summed E-state index contributed by atoms with van der Waals surface area (Å²) in [5.74, 6) is 0.289. The molecule has 0 saturated carbocycles. The third-order valence-corrected chi connectivity index (χ3v) is 3.89. The molecule has 2 aromatic rings. The van der Waals surface area contributed by atoms with Crippen LogP contribution >= 0.6 is 23.2 Å². The minimum Gasteiger partial charge on any atom is -0.465 e. The number of nitrogens with zero attached hydrogens (tertiary/aromatic N) is 2. The van der Waals surface area contributed by atoms with E-state index in [1.165, 1.54) is 19.3 Å². The average Bonchev–Trinajstić information content (AvgIpc) is 2.55. The second kappa shape index (κ2) is 7.91. The summed E-state index contributed by atoms with van der Waals surface area (Å²) in [6, 6.07) is 6.12. The highest BCUT2D eigenvalue weighted by molar-refractivity contribution is 6.44. The molecular weight excluding hydrogens is 371 g/mol. The molecule has 25 heavy (non-hydrogen) atoms. The van der Waals surface area contributed by atoms with Crippen molar-refractivity contribution in [2.45, 2.75) is 0 Å². The van der Waals surface area contributed by atoms with E-state index in [1.54, 1.807) is 18.2 Å². The van der Waals surface area contributed by atoms with Crippen LogP contribution in [0.5, 0.6) is 11.5 Å². The van der Waals surface area contributed by atoms with Gasteiger partial charge in [-0.25, -0.2) is 9.78 Å². The lowest BCUT2D eigenvalue weighted by Gasteiger charge is -2.13. The number of nitrogens with one attached hydrogen (secondary N) is 1. The van der Waals surface area contributed by atoms with E-state index in [1.807, 2.05) is 0 Å². The number of rotatable bonds is 5. The van der Waals surface area contributed by atoms with Crippen LogP contribution in [-0.2, 0) is 4.79 Å². The number of anilines is 2. The Morgan fingerprint density at radius 2 is 2.04 bits per heavy atom. The van der Waals surface area contributed by atoms with E-state index in [-0.39, 0.29) is 28.2 Å². The minimum atomic E-state index is -1.21. The average molecular weight is 385 g/mol.